The summed E-state index contributed by atoms with van der Waals surface area (Å²) in [6, 6.07) is 0. The molecule has 172 valence electrons. The molecule has 29 heavy (non-hydrogen) atoms. The van der Waals surface area contributed by atoms with E-state index < -0.39 is 0 Å². The van der Waals surface area contributed by atoms with Gasteiger partial charge in [0, 0.05) is 11.1 Å². The molecule has 1 unspecified atom stereocenters. The Balaban J connectivity index is 3.07. The zero-order valence-electron chi connectivity index (χ0n) is 22.5. The molecule has 3 atom stereocenters. The summed E-state index contributed by atoms with van der Waals surface area (Å²) in [4.78, 5) is 5.95. The first-order chi connectivity index (χ1) is 12.9. The van der Waals surface area contributed by atoms with Gasteiger partial charge in [-0.2, -0.15) is 9.80 Å². The minimum absolute atomic E-state index is 0.0878. The molecule has 0 radical (unpaired) electrons. The summed E-state index contributed by atoms with van der Waals surface area (Å²) in [6.07, 6.45) is 2.32. The van der Waals surface area contributed by atoms with Crippen LogP contribution in [0.2, 0.25) is 0 Å². The molecule has 2 aliphatic heterocycles. The van der Waals surface area contributed by atoms with Crippen LogP contribution >= 0.6 is 0 Å². The Labute approximate surface area is 183 Å². The van der Waals surface area contributed by atoms with E-state index in [-0.39, 0.29) is 28.1 Å². The summed E-state index contributed by atoms with van der Waals surface area (Å²) in [5.41, 5.74) is 0.561. The van der Waals surface area contributed by atoms with Gasteiger partial charge in [0.05, 0.1) is 39.3 Å². The fourth-order valence-corrected chi connectivity index (χ4v) is 7.32. The van der Waals surface area contributed by atoms with Gasteiger partial charge in [-0.1, -0.05) is 13.8 Å². The second-order valence-corrected chi connectivity index (χ2v) is 12.9. The highest BCUT2D eigenvalue weighted by Crippen LogP contribution is 2.60. The molecule has 2 aliphatic rings. The highest BCUT2D eigenvalue weighted by Gasteiger charge is 2.85. The molecule has 0 N–H and O–H groups in total. The highest BCUT2D eigenvalue weighted by atomic mass is 15.9. The lowest BCUT2D eigenvalue weighted by Gasteiger charge is -2.62. The predicted octanol–water partition coefficient (Wildman–Crippen LogP) is 5.10. The largest absolute Gasteiger partial charge is 0.358 e. The van der Waals surface area contributed by atoms with Crippen molar-refractivity contribution in [3.05, 3.63) is 0 Å². The van der Waals surface area contributed by atoms with Crippen LogP contribution in [0, 0.1) is 0 Å². The predicted molar refractivity (Wildman–Crippen MR) is 126 cm³/mol. The second-order valence-electron chi connectivity index (χ2n) is 12.9. The van der Waals surface area contributed by atoms with Crippen molar-refractivity contribution < 1.29 is 8.97 Å². The molecule has 2 rings (SSSR count). The summed E-state index contributed by atoms with van der Waals surface area (Å²) in [5.74, 6) is -0.0878. The van der Waals surface area contributed by atoms with Gasteiger partial charge in [0.2, 0.25) is 0 Å². The first-order valence-corrected chi connectivity index (χ1v) is 12.2. The maximum absolute atomic E-state index is 2.99. The first kappa shape index (κ1) is 25.1. The summed E-state index contributed by atoms with van der Waals surface area (Å²) in [5, 5.41) is 0. The number of hydrogen-bond acceptors (Lipinski definition) is 2. The molecule has 4 nitrogen and oxygen atoms in total. The quantitative estimate of drug-likeness (QED) is 0.562. The molecule has 2 fully saturated rings. The third-order valence-corrected chi connectivity index (χ3v) is 9.67. The van der Waals surface area contributed by atoms with E-state index in [0.717, 1.165) is 35.0 Å². The van der Waals surface area contributed by atoms with E-state index in [0.29, 0.717) is 0 Å². The summed E-state index contributed by atoms with van der Waals surface area (Å²) in [6.45, 7) is 34.2. The molecule has 2 heterocycles. The van der Waals surface area contributed by atoms with Gasteiger partial charge in [-0.15, -0.1) is 0 Å². The normalized spacial score (nSPS) is 38.3. The highest BCUT2D eigenvalue weighted by molar-refractivity contribution is 5.08. The Kier molecular flexibility index (Phi) is 5.99. The standard InChI is InChI=1S/C25H54N4/c1-15-21(5,6)26-19-24(11,12)29(14,18-4)25(26)27(22(7,8)16-2)23(9,10)20-28(25,13)17-3/h15-20H2,1-14H3/q+2/t25?,28-,29+/m0/s1. The minimum atomic E-state index is -0.0878. The number of hydrogen-bond donors (Lipinski definition) is 0. The Hall–Kier alpha value is -0.160. The van der Waals surface area contributed by atoms with Gasteiger partial charge in [-0.25, -0.2) is 8.97 Å². The van der Waals surface area contributed by atoms with Gasteiger partial charge in [-0.05, 0) is 82.1 Å². The van der Waals surface area contributed by atoms with Crippen molar-refractivity contribution in [3.8, 4) is 0 Å². The van der Waals surface area contributed by atoms with Crippen molar-refractivity contribution >= 4 is 0 Å². The topological polar surface area (TPSA) is 6.48 Å². The van der Waals surface area contributed by atoms with Gasteiger partial charge in [0.1, 0.15) is 12.1 Å². The summed E-state index contributed by atoms with van der Waals surface area (Å²) >= 11 is 0. The van der Waals surface area contributed by atoms with E-state index in [1.807, 2.05) is 0 Å². The van der Waals surface area contributed by atoms with Crippen molar-refractivity contribution in [1.82, 2.24) is 9.80 Å². The minimum Gasteiger partial charge on any atom is -0.243 e. The Morgan fingerprint density at radius 3 is 1.66 bits per heavy atom. The average Bonchev–Trinajstić information content (AvgIpc) is 2.93. The van der Waals surface area contributed by atoms with Crippen molar-refractivity contribution in [3.63, 3.8) is 0 Å². The SMILES string of the molecule is CCC(C)(C)N1CC(C)(C)[N@@+](C)(CC)C12N(C(C)(C)CC)C(C)(C)C[N@+]2(C)CC. The van der Waals surface area contributed by atoms with E-state index in [1.165, 1.54) is 13.0 Å². The molecular weight excluding hydrogens is 356 g/mol. The van der Waals surface area contributed by atoms with E-state index in [2.05, 4.69) is 107 Å². The second kappa shape index (κ2) is 6.92. The monoisotopic (exact) mass is 410 g/mol. The van der Waals surface area contributed by atoms with Crippen LogP contribution in [0.3, 0.4) is 0 Å². The Morgan fingerprint density at radius 2 is 1.28 bits per heavy atom. The van der Waals surface area contributed by atoms with Crippen LogP contribution in [0.25, 0.3) is 0 Å². The van der Waals surface area contributed by atoms with Crippen LogP contribution in [-0.4, -0.2) is 87.1 Å². The zero-order valence-corrected chi connectivity index (χ0v) is 22.5. The molecule has 2 saturated heterocycles. The molecular formula is C25H54N4+2. The maximum Gasteiger partial charge on any atom is 0.358 e. The number of rotatable bonds is 6. The Morgan fingerprint density at radius 1 is 0.793 bits per heavy atom. The van der Waals surface area contributed by atoms with Crippen molar-refractivity contribution in [1.29, 1.82) is 0 Å². The maximum atomic E-state index is 2.99. The van der Waals surface area contributed by atoms with Gasteiger partial charge in [0.25, 0.3) is 0 Å². The van der Waals surface area contributed by atoms with E-state index in [4.69, 9.17) is 0 Å². The summed E-state index contributed by atoms with van der Waals surface area (Å²) < 4.78 is 2.15. The smallest absolute Gasteiger partial charge is 0.243 e. The van der Waals surface area contributed by atoms with E-state index in [9.17, 15) is 0 Å². The van der Waals surface area contributed by atoms with Crippen LogP contribution in [-0.2, 0) is 0 Å². The van der Waals surface area contributed by atoms with Crippen LogP contribution in [0.4, 0.5) is 0 Å². The fourth-order valence-electron chi connectivity index (χ4n) is 7.32. The zero-order chi connectivity index (χ0) is 22.9. The molecule has 0 saturated carbocycles. The van der Waals surface area contributed by atoms with Crippen LogP contribution in [0.1, 0.15) is 95.9 Å². The van der Waals surface area contributed by atoms with Gasteiger partial charge in [-0.3, -0.25) is 0 Å². The molecule has 1 spiro atoms. The Bertz CT molecular complexity index is 622. The summed E-state index contributed by atoms with van der Waals surface area (Å²) in [7, 11) is 5.12. The lowest BCUT2D eigenvalue weighted by molar-refractivity contribution is -1.18. The van der Waals surface area contributed by atoms with Gasteiger partial charge in [0.15, 0.2) is 0 Å². The third-order valence-electron chi connectivity index (χ3n) is 9.67. The molecule has 0 aliphatic carbocycles. The fraction of sp³-hybridized carbons (Fsp3) is 1.00. The van der Waals surface area contributed by atoms with E-state index in [1.54, 1.807) is 0 Å². The number of quaternary nitrogens is 2. The lowest BCUT2D eigenvalue weighted by atomic mass is 9.90. The molecule has 0 bridgehead atoms. The molecule has 0 aromatic rings. The van der Waals surface area contributed by atoms with Crippen LogP contribution < -0.4 is 0 Å². The lowest BCUT2D eigenvalue weighted by Crippen LogP contribution is -2.86. The third kappa shape index (κ3) is 2.92. The molecule has 4 heteroatoms. The average molecular weight is 411 g/mol. The van der Waals surface area contributed by atoms with Gasteiger partial charge < -0.3 is 0 Å². The number of likely N-dealkylation sites (N-methyl/N-ethyl adjacent to an activating group) is 2. The number of nitrogens with zero attached hydrogens (tertiary/aromatic N) is 4. The molecule has 0 aromatic carbocycles. The first-order valence-electron chi connectivity index (χ1n) is 12.2. The van der Waals surface area contributed by atoms with Crippen LogP contribution in [0.15, 0.2) is 0 Å². The van der Waals surface area contributed by atoms with Crippen molar-refractivity contribution in [2.75, 3.05) is 40.3 Å². The van der Waals surface area contributed by atoms with Crippen molar-refractivity contribution in [2.45, 2.75) is 124 Å². The molecule has 0 aromatic heterocycles. The van der Waals surface area contributed by atoms with Gasteiger partial charge >= 0.3 is 5.91 Å². The van der Waals surface area contributed by atoms with Crippen LogP contribution in [0.5, 0.6) is 0 Å². The van der Waals surface area contributed by atoms with E-state index >= 15 is 0 Å². The van der Waals surface area contributed by atoms with Crippen molar-refractivity contribution in [2.24, 2.45) is 0 Å². The molecule has 0 amide bonds.